The number of aliphatic hydroxyl groups is 1. The SMILES string of the molecule is C[C@@H]1[C@H]([C@@H](O)[C@@H](C)[C@H]2CC[C@H]3[C@@H]4CCC5=CC(=O)C=C[C@]5(C)[C@H]4CC[C@]23C)OC(=O)[C@H]1C. The molecule has 0 spiro atoms. The van der Waals surface area contributed by atoms with Gasteiger partial charge in [0.25, 0.3) is 0 Å². The van der Waals surface area contributed by atoms with Gasteiger partial charge >= 0.3 is 5.97 Å². The molecule has 0 aromatic rings. The summed E-state index contributed by atoms with van der Waals surface area (Å²) in [7, 11) is 0. The van der Waals surface area contributed by atoms with Gasteiger partial charge in [0.15, 0.2) is 5.78 Å². The van der Waals surface area contributed by atoms with Crippen molar-refractivity contribution in [1.82, 2.24) is 0 Å². The number of carbonyl (C=O) groups is 2. The van der Waals surface area contributed by atoms with Crippen LogP contribution in [0.4, 0.5) is 0 Å². The summed E-state index contributed by atoms with van der Waals surface area (Å²) < 4.78 is 5.63. The van der Waals surface area contributed by atoms with Gasteiger partial charge in [-0.15, -0.1) is 0 Å². The number of ether oxygens (including phenoxy) is 1. The first kappa shape index (κ1) is 22.4. The van der Waals surface area contributed by atoms with Gasteiger partial charge in [0, 0.05) is 11.3 Å². The normalized spacial score (nSPS) is 49.6. The van der Waals surface area contributed by atoms with E-state index in [-0.39, 0.29) is 46.4 Å². The summed E-state index contributed by atoms with van der Waals surface area (Å²) in [5, 5.41) is 11.3. The lowest BCUT2D eigenvalue weighted by Crippen LogP contribution is -2.51. The van der Waals surface area contributed by atoms with Crippen molar-refractivity contribution >= 4 is 11.8 Å². The second kappa shape index (κ2) is 7.55. The Hall–Kier alpha value is -1.42. The molecule has 4 nitrogen and oxygen atoms in total. The number of hydrogen-bond acceptors (Lipinski definition) is 4. The first-order valence-electron chi connectivity index (χ1n) is 12.9. The average Bonchev–Trinajstić information content (AvgIpc) is 3.24. The first-order chi connectivity index (χ1) is 15.1. The molecule has 0 aromatic heterocycles. The van der Waals surface area contributed by atoms with Gasteiger partial charge in [0.05, 0.1) is 12.0 Å². The number of aliphatic hydroxyl groups excluding tert-OH is 1. The van der Waals surface area contributed by atoms with Gasteiger partial charge < -0.3 is 9.84 Å². The Morgan fingerprint density at radius 3 is 2.53 bits per heavy atom. The zero-order valence-electron chi connectivity index (χ0n) is 20.3. The maximum atomic E-state index is 12.1. The summed E-state index contributed by atoms with van der Waals surface area (Å²) >= 11 is 0. The van der Waals surface area contributed by atoms with Crippen molar-refractivity contribution in [2.75, 3.05) is 0 Å². The molecule has 32 heavy (non-hydrogen) atoms. The Kier molecular flexibility index (Phi) is 5.28. The third-order valence-electron chi connectivity index (χ3n) is 11.1. The molecule has 4 heteroatoms. The van der Waals surface area contributed by atoms with E-state index in [4.69, 9.17) is 4.74 Å². The molecule has 4 fully saturated rings. The van der Waals surface area contributed by atoms with Gasteiger partial charge in [-0.25, -0.2) is 0 Å². The molecule has 5 rings (SSSR count). The summed E-state index contributed by atoms with van der Waals surface area (Å²) in [6.45, 7) is 11.0. The van der Waals surface area contributed by atoms with Crippen LogP contribution in [0.2, 0.25) is 0 Å². The Morgan fingerprint density at radius 1 is 1.09 bits per heavy atom. The molecule has 1 aliphatic heterocycles. The van der Waals surface area contributed by atoms with Crippen LogP contribution in [-0.4, -0.2) is 29.1 Å². The highest BCUT2D eigenvalue weighted by Crippen LogP contribution is 2.67. The molecule has 0 aromatic carbocycles. The van der Waals surface area contributed by atoms with Crippen molar-refractivity contribution in [3.63, 3.8) is 0 Å². The number of rotatable bonds is 3. The van der Waals surface area contributed by atoms with Crippen molar-refractivity contribution in [2.24, 2.45) is 52.3 Å². The number of carbonyl (C=O) groups excluding carboxylic acids is 2. The third-order valence-corrected chi connectivity index (χ3v) is 11.1. The molecular formula is C28H40O4. The minimum atomic E-state index is -0.595. The van der Waals surface area contributed by atoms with Crippen LogP contribution < -0.4 is 0 Å². The van der Waals surface area contributed by atoms with Gasteiger partial charge in [-0.2, -0.15) is 0 Å². The second-order valence-electron chi connectivity index (χ2n) is 12.2. The molecule has 3 saturated carbocycles. The zero-order valence-corrected chi connectivity index (χ0v) is 20.3. The highest BCUT2D eigenvalue weighted by atomic mass is 16.6. The van der Waals surface area contributed by atoms with Crippen LogP contribution >= 0.6 is 0 Å². The number of hydrogen-bond donors (Lipinski definition) is 1. The lowest BCUT2D eigenvalue weighted by molar-refractivity contribution is -0.151. The van der Waals surface area contributed by atoms with Crippen molar-refractivity contribution in [2.45, 2.75) is 85.4 Å². The smallest absolute Gasteiger partial charge is 0.309 e. The van der Waals surface area contributed by atoms with Crippen molar-refractivity contribution < 1.29 is 19.4 Å². The van der Waals surface area contributed by atoms with Gasteiger partial charge in [-0.3, -0.25) is 9.59 Å². The van der Waals surface area contributed by atoms with Gasteiger partial charge in [-0.05, 0) is 85.7 Å². The molecule has 11 atom stereocenters. The molecule has 5 aliphatic rings. The van der Waals surface area contributed by atoms with E-state index >= 15 is 0 Å². The summed E-state index contributed by atoms with van der Waals surface area (Å²) in [5.41, 5.74) is 1.61. The lowest BCUT2D eigenvalue weighted by Gasteiger charge is -2.57. The van der Waals surface area contributed by atoms with Crippen LogP contribution in [0.5, 0.6) is 0 Å². The van der Waals surface area contributed by atoms with E-state index in [1.54, 1.807) is 6.08 Å². The Bertz CT molecular complexity index is 873. The monoisotopic (exact) mass is 440 g/mol. The highest BCUT2D eigenvalue weighted by molar-refractivity contribution is 6.01. The predicted molar refractivity (Wildman–Crippen MR) is 123 cm³/mol. The van der Waals surface area contributed by atoms with Crippen LogP contribution in [0.1, 0.15) is 73.1 Å². The van der Waals surface area contributed by atoms with Crippen LogP contribution in [0.3, 0.4) is 0 Å². The van der Waals surface area contributed by atoms with E-state index < -0.39 is 6.10 Å². The third kappa shape index (κ3) is 3.04. The Morgan fingerprint density at radius 2 is 1.84 bits per heavy atom. The standard InChI is InChI=1S/C28H40O4/c1-15-16(2)26(31)32-25(15)24(30)17(3)21-8-9-22-20-7-6-18-14-19(29)10-12-27(18,4)23(20)11-13-28(21,22)5/h10,12,14-17,20-25,30H,6-9,11,13H2,1-5H3/t15-,16-,17-,20-,21+,22-,23-,24-,25+,27-,28+/m0/s1. The molecule has 1 heterocycles. The van der Waals surface area contributed by atoms with Gasteiger partial charge in [0.1, 0.15) is 6.10 Å². The number of ketones is 1. The number of fused-ring (bicyclic) bond motifs is 5. The van der Waals surface area contributed by atoms with Gasteiger partial charge in [-0.1, -0.05) is 46.3 Å². The Balaban J connectivity index is 1.36. The maximum Gasteiger partial charge on any atom is 0.309 e. The summed E-state index contributed by atoms with van der Waals surface area (Å²) in [6, 6.07) is 0. The van der Waals surface area contributed by atoms with E-state index in [0.29, 0.717) is 23.7 Å². The quantitative estimate of drug-likeness (QED) is 0.620. The van der Waals surface area contributed by atoms with Crippen LogP contribution in [0, 0.1) is 52.3 Å². The van der Waals surface area contributed by atoms with Crippen LogP contribution in [0.25, 0.3) is 0 Å². The molecule has 0 radical (unpaired) electrons. The highest BCUT2D eigenvalue weighted by Gasteiger charge is 2.60. The molecule has 0 unspecified atom stereocenters. The second-order valence-corrected chi connectivity index (χ2v) is 12.2. The van der Waals surface area contributed by atoms with Crippen LogP contribution in [-0.2, 0) is 14.3 Å². The summed E-state index contributed by atoms with van der Waals surface area (Å²) in [5.74, 6) is 2.46. The largest absolute Gasteiger partial charge is 0.459 e. The molecule has 4 aliphatic carbocycles. The molecule has 0 bridgehead atoms. The van der Waals surface area contributed by atoms with E-state index in [0.717, 1.165) is 12.8 Å². The lowest BCUT2D eigenvalue weighted by atomic mass is 9.47. The van der Waals surface area contributed by atoms with Crippen molar-refractivity contribution in [3.05, 3.63) is 23.8 Å². The number of allylic oxidation sites excluding steroid dienone is 4. The molecule has 1 saturated heterocycles. The minimum absolute atomic E-state index is 0.0327. The van der Waals surface area contributed by atoms with E-state index in [2.05, 4.69) is 26.8 Å². The molecular weight excluding hydrogens is 400 g/mol. The molecule has 0 amide bonds. The fourth-order valence-corrected chi connectivity index (χ4v) is 8.87. The number of esters is 1. The van der Waals surface area contributed by atoms with Crippen molar-refractivity contribution in [3.8, 4) is 0 Å². The fraction of sp³-hybridized carbons (Fsp3) is 0.786. The Labute approximate surface area is 192 Å². The molecule has 1 N–H and O–H groups in total. The van der Waals surface area contributed by atoms with E-state index in [9.17, 15) is 14.7 Å². The minimum Gasteiger partial charge on any atom is -0.459 e. The fourth-order valence-electron chi connectivity index (χ4n) is 8.87. The topological polar surface area (TPSA) is 63.6 Å². The van der Waals surface area contributed by atoms with Crippen LogP contribution in [0.15, 0.2) is 23.8 Å². The average molecular weight is 441 g/mol. The maximum absolute atomic E-state index is 12.1. The van der Waals surface area contributed by atoms with E-state index in [1.165, 1.54) is 31.3 Å². The zero-order chi connectivity index (χ0) is 23.0. The first-order valence-corrected chi connectivity index (χ1v) is 12.9. The summed E-state index contributed by atoms with van der Waals surface area (Å²) in [4.78, 5) is 24.1. The number of cyclic esters (lactones) is 1. The van der Waals surface area contributed by atoms with Crippen molar-refractivity contribution in [1.29, 1.82) is 0 Å². The molecule has 176 valence electrons. The predicted octanol–water partition coefficient (Wildman–Crippen LogP) is 5.11. The summed E-state index contributed by atoms with van der Waals surface area (Å²) in [6.07, 6.45) is 11.9. The van der Waals surface area contributed by atoms with E-state index in [1.807, 2.05) is 19.9 Å². The van der Waals surface area contributed by atoms with Gasteiger partial charge in [0.2, 0.25) is 0 Å².